The fraction of sp³-hybridized carbons (Fsp3) is 0.241. The Morgan fingerprint density at radius 3 is 2.13 bits per heavy atom. The van der Waals surface area contributed by atoms with Gasteiger partial charge in [-0.25, -0.2) is 9.59 Å². The number of rotatable bonds is 15. The molecule has 3 rings (SSSR count). The molecule has 0 bridgehead atoms. The highest BCUT2D eigenvalue weighted by molar-refractivity contribution is 7.98. The van der Waals surface area contributed by atoms with Crippen LogP contribution >= 0.6 is 11.8 Å². The Bertz CT molecular complexity index is 1190. The summed E-state index contributed by atoms with van der Waals surface area (Å²) in [5.41, 5.74) is 0.395. The van der Waals surface area contributed by atoms with Crippen LogP contribution in [0.4, 0.5) is 0 Å². The van der Waals surface area contributed by atoms with Crippen molar-refractivity contribution in [3.8, 4) is 28.7 Å². The third kappa shape index (κ3) is 9.08. The molecule has 0 amide bonds. The molecule has 0 atom stereocenters. The maximum atomic E-state index is 12.5. The number of thioether (sulfide) groups is 1. The molecular formula is C29H30O8S. The first-order valence-electron chi connectivity index (χ1n) is 11.8. The second-order valence-electron chi connectivity index (χ2n) is 7.74. The molecule has 0 N–H and O–H groups in total. The average Bonchev–Trinajstić information content (AvgIpc) is 2.96. The van der Waals surface area contributed by atoms with Gasteiger partial charge in [0.05, 0.1) is 30.8 Å². The normalized spacial score (nSPS) is 10.3. The molecule has 0 saturated heterocycles. The molecule has 0 aromatic heterocycles. The van der Waals surface area contributed by atoms with E-state index < -0.39 is 11.9 Å². The van der Waals surface area contributed by atoms with Crippen LogP contribution in [0.2, 0.25) is 0 Å². The van der Waals surface area contributed by atoms with Crippen molar-refractivity contribution in [2.24, 2.45) is 0 Å². The van der Waals surface area contributed by atoms with Crippen molar-refractivity contribution in [3.05, 3.63) is 84.9 Å². The van der Waals surface area contributed by atoms with E-state index in [4.69, 9.17) is 28.4 Å². The second-order valence-corrected chi connectivity index (χ2v) is 8.58. The van der Waals surface area contributed by atoms with Crippen molar-refractivity contribution in [3.63, 3.8) is 0 Å². The first kappa shape index (κ1) is 28.5. The number of carbonyl (C=O) groups excluding carboxylic acids is 2. The molecule has 200 valence electrons. The number of hydrogen-bond donors (Lipinski definition) is 0. The van der Waals surface area contributed by atoms with Crippen LogP contribution in [0.3, 0.4) is 0 Å². The van der Waals surface area contributed by atoms with E-state index >= 15 is 0 Å². The minimum absolute atomic E-state index is 0.0240. The molecule has 0 aliphatic rings. The van der Waals surface area contributed by atoms with E-state index in [-0.39, 0.29) is 6.79 Å². The summed E-state index contributed by atoms with van der Waals surface area (Å²) in [7, 11) is 1.62. The van der Waals surface area contributed by atoms with E-state index in [2.05, 4.69) is 6.58 Å². The number of unbranched alkanes of at least 4 members (excludes halogenated alkanes) is 1. The fourth-order valence-corrected chi connectivity index (χ4v) is 3.70. The van der Waals surface area contributed by atoms with Gasteiger partial charge in [-0.2, -0.15) is 0 Å². The molecular weight excluding hydrogens is 508 g/mol. The van der Waals surface area contributed by atoms with Crippen LogP contribution in [-0.4, -0.2) is 45.3 Å². The quantitative estimate of drug-likeness (QED) is 0.0582. The molecule has 9 heteroatoms. The Hall–Kier alpha value is -4.11. The van der Waals surface area contributed by atoms with E-state index in [9.17, 15) is 9.59 Å². The van der Waals surface area contributed by atoms with Crippen LogP contribution in [0, 0.1) is 0 Å². The number of ether oxygens (including phenoxy) is 6. The van der Waals surface area contributed by atoms with Crippen LogP contribution < -0.4 is 23.7 Å². The number of hydrogen-bond acceptors (Lipinski definition) is 9. The van der Waals surface area contributed by atoms with E-state index in [1.54, 1.807) is 67.4 Å². The summed E-state index contributed by atoms with van der Waals surface area (Å²) in [6.07, 6.45) is 4.50. The van der Waals surface area contributed by atoms with E-state index in [1.165, 1.54) is 0 Å². The van der Waals surface area contributed by atoms with Gasteiger partial charge in [0.15, 0.2) is 0 Å². The highest BCUT2D eigenvalue weighted by Crippen LogP contribution is 2.31. The molecule has 38 heavy (non-hydrogen) atoms. The summed E-state index contributed by atoms with van der Waals surface area (Å²) >= 11 is 1.55. The number of esters is 2. The Morgan fingerprint density at radius 2 is 1.45 bits per heavy atom. The van der Waals surface area contributed by atoms with Gasteiger partial charge in [0.2, 0.25) is 6.79 Å². The SMILES string of the molecule is C=CC(=O)OCCCCOc1ccc(C(=O)Oc2ccc(OCOc3ccc(OC)cc3SC)cc2)cc1. The zero-order valence-electron chi connectivity index (χ0n) is 21.3. The summed E-state index contributed by atoms with van der Waals surface area (Å²) in [4.78, 5) is 24.4. The Labute approximate surface area is 226 Å². The van der Waals surface area contributed by atoms with Crippen molar-refractivity contribution in [2.45, 2.75) is 17.7 Å². The molecule has 0 unspecified atom stereocenters. The lowest BCUT2D eigenvalue weighted by atomic mass is 10.2. The molecule has 0 spiro atoms. The van der Waals surface area contributed by atoms with Gasteiger partial charge >= 0.3 is 11.9 Å². The smallest absolute Gasteiger partial charge is 0.343 e. The van der Waals surface area contributed by atoms with Gasteiger partial charge < -0.3 is 28.4 Å². The Kier molecular flexibility index (Phi) is 11.4. The van der Waals surface area contributed by atoms with E-state index in [1.807, 2.05) is 24.5 Å². The maximum Gasteiger partial charge on any atom is 0.343 e. The lowest BCUT2D eigenvalue weighted by molar-refractivity contribution is -0.137. The van der Waals surface area contributed by atoms with Gasteiger partial charge in [0.25, 0.3) is 0 Å². The lowest BCUT2D eigenvalue weighted by Crippen LogP contribution is -2.09. The van der Waals surface area contributed by atoms with Crippen molar-refractivity contribution in [1.29, 1.82) is 0 Å². The predicted molar refractivity (Wildman–Crippen MR) is 145 cm³/mol. The van der Waals surface area contributed by atoms with Crippen LogP contribution in [0.25, 0.3) is 0 Å². The van der Waals surface area contributed by atoms with Gasteiger partial charge in [-0.05, 0) is 85.8 Å². The molecule has 0 aliphatic heterocycles. The molecule has 3 aromatic carbocycles. The molecule has 0 heterocycles. The summed E-state index contributed by atoms with van der Waals surface area (Å²) in [6, 6.07) is 19.0. The minimum Gasteiger partial charge on any atom is -0.497 e. The van der Waals surface area contributed by atoms with Gasteiger partial charge in [0, 0.05) is 6.08 Å². The first-order valence-corrected chi connectivity index (χ1v) is 13.1. The number of methoxy groups -OCH3 is 1. The molecule has 0 fully saturated rings. The Morgan fingerprint density at radius 1 is 0.816 bits per heavy atom. The monoisotopic (exact) mass is 538 g/mol. The van der Waals surface area contributed by atoms with Crippen molar-refractivity contribution in [1.82, 2.24) is 0 Å². The highest BCUT2D eigenvalue weighted by atomic mass is 32.2. The molecule has 3 aromatic rings. The van der Waals surface area contributed by atoms with E-state index in [0.29, 0.717) is 48.2 Å². The van der Waals surface area contributed by atoms with Crippen molar-refractivity contribution < 1.29 is 38.0 Å². The summed E-state index contributed by atoms with van der Waals surface area (Å²) in [5, 5.41) is 0. The topological polar surface area (TPSA) is 89.5 Å². The first-order chi connectivity index (χ1) is 18.5. The molecule has 0 radical (unpaired) electrons. The van der Waals surface area contributed by atoms with Gasteiger partial charge in [-0.1, -0.05) is 6.58 Å². The van der Waals surface area contributed by atoms with Gasteiger partial charge in [-0.15, -0.1) is 11.8 Å². The zero-order chi connectivity index (χ0) is 27.2. The summed E-state index contributed by atoms with van der Waals surface area (Å²) < 4.78 is 32.6. The van der Waals surface area contributed by atoms with Gasteiger partial charge in [-0.3, -0.25) is 0 Å². The summed E-state index contributed by atoms with van der Waals surface area (Å²) in [6.45, 7) is 4.16. The fourth-order valence-electron chi connectivity index (χ4n) is 3.14. The molecule has 8 nitrogen and oxygen atoms in total. The molecule has 0 saturated carbocycles. The Balaban J connectivity index is 1.40. The largest absolute Gasteiger partial charge is 0.497 e. The van der Waals surface area contributed by atoms with Crippen LogP contribution in [0.1, 0.15) is 23.2 Å². The highest BCUT2D eigenvalue weighted by Gasteiger charge is 2.10. The third-order valence-electron chi connectivity index (χ3n) is 5.15. The van der Waals surface area contributed by atoms with Crippen molar-refractivity contribution in [2.75, 3.05) is 33.4 Å². The van der Waals surface area contributed by atoms with Crippen LogP contribution in [0.15, 0.2) is 84.3 Å². The summed E-state index contributed by atoms with van der Waals surface area (Å²) in [5.74, 6) is 2.14. The molecule has 0 aliphatic carbocycles. The average molecular weight is 539 g/mol. The zero-order valence-corrected chi connectivity index (χ0v) is 22.2. The number of benzene rings is 3. The van der Waals surface area contributed by atoms with Crippen LogP contribution in [0.5, 0.6) is 28.7 Å². The minimum atomic E-state index is -0.485. The van der Waals surface area contributed by atoms with Crippen molar-refractivity contribution >= 4 is 23.7 Å². The predicted octanol–water partition coefficient (Wildman–Crippen LogP) is 5.94. The van der Waals surface area contributed by atoms with E-state index in [0.717, 1.165) is 23.1 Å². The number of carbonyl (C=O) groups is 2. The maximum absolute atomic E-state index is 12.5. The van der Waals surface area contributed by atoms with Crippen LogP contribution in [-0.2, 0) is 9.53 Å². The third-order valence-corrected chi connectivity index (χ3v) is 5.91. The van der Waals surface area contributed by atoms with Gasteiger partial charge in [0.1, 0.15) is 28.7 Å². The standard InChI is InChI=1S/C29H30O8S/c1-4-28(30)34-18-6-5-17-33-22-9-7-21(8-10-22)29(31)37-24-13-11-23(12-14-24)35-20-36-26-16-15-25(32-2)19-27(26)38-3/h4,7-16,19H,1,5-6,17-18,20H2,2-3H3. The lowest BCUT2D eigenvalue weighted by Gasteiger charge is -2.12. The second kappa shape index (κ2) is 15.2.